The fourth-order valence-corrected chi connectivity index (χ4v) is 4.31. The van der Waals surface area contributed by atoms with Crippen LogP contribution in [0.1, 0.15) is 18.4 Å². The predicted octanol–water partition coefficient (Wildman–Crippen LogP) is 2.92. The van der Waals surface area contributed by atoms with Gasteiger partial charge in [-0.25, -0.2) is 4.39 Å². The summed E-state index contributed by atoms with van der Waals surface area (Å²) in [4.78, 5) is 12.9. The molecule has 1 fully saturated rings. The van der Waals surface area contributed by atoms with Crippen LogP contribution in [-0.4, -0.2) is 34.4 Å². The van der Waals surface area contributed by atoms with Gasteiger partial charge in [-0.15, -0.1) is 4.31 Å². The molecule has 2 aromatic carbocycles. The zero-order valence-corrected chi connectivity index (χ0v) is 15.4. The topological polar surface area (TPSA) is 55.4 Å². The maximum absolute atomic E-state index is 13.0. The van der Waals surface area contributed by atoms with Gasteiger partial charge in [0.2, 0.25) is 5.91 Å². The lowest BCUT2D eigenvalue weighted by atomic mass is 9.97. The van der Waals surface area contributed by atoms with Gasteiger partial charge in [0.05, 0.1) is 11.4 Å². The van der Waals surface area contributed by atoms with Crippen LogP contribution < -0.4 is 5.32 Å². The molecule has 0 bridgehead atoms. The van der Waals surface area contributed by atoms with Crippen molar-refractivity contribution < 1.29 is 13.7 Å². The van der Waals surface area contributed by atoms with Gasteiger partial charge in [0.1, 0.15) is 5.82 Å². The van der Waals surface area contributed by atoms with Crippen LogP contribution in [0.5, 0.6) is 0 Å². The van der Waals surface area contributed by atoms with Crippen molar-refractivity contribution in [3.05, 3.63) is 66.0 Å². The first kappa shape index (κ1) is 18.9. The summed E-state index contributed by atoms with van der Waals surface area (Å²) < 4.78 is 27.4. The molecule has 1 atom stereocenters. The molecular formula is C20H23FN2O2S. The van der Waals surface area contributed by atoms with Crippen LogP contribution in [0, 0.1) is 11.7 Å². The smallest absolute Gasteiger partial charge is 0.223 e. The standard InChI is InChI=1S/C20H23FN2O2S/c21-18-6-8-19(9-7-18)26(25)23-14-11-17(12-15-23)20(24)22-13-10-16-4-2-1-3-5-16/h1-9,17H,10-15H2,(H,22,24). The second-order valence-electron chi connectivity index (χ2n) is 6.43. The minimum absolute atomic E-state index is 0.0350. The molecule has 3 rings (SSSR count). The normalized spacial score (nSPS) is 17.0. The van der Waals surface area contributed by atoms with E-state index in [0.717, 1.165) is 6.42 Å². The number of benzene rings is 2. The molecule has 26 heavy (non-hydrogen) atoms. The fraction of sp³-hybridized carbons (Fsp3) is 0.350. The predicted molar refractivity (Wildman–Crippen MR) is 100 cm³/mol. The Bertz CT molecular complexity index is 704. The van der Waals surface area contributed by atoms with Crippen molar-refractivity contribution >= 4 is 17.3 Å². The van der Waals surface area contributed by atoms with Crippen LogP contribution in [0.3, 0.4) is 0 Å². The van der Waals surface area contributed by atoms with Gasteiger partial charge >= 0.3 is 0 Å². The van der Waals surface area contributed by atoms with Gasteiger partial charge in [-0.2, -0.15) is 0 Å². The minimum atomic E-state index is -1.30. The Hall–Kier alpha value is -1.89. The van der Waals surface area contributed by atoms with E-state index in [4.69, 9.17) is 0 Å². The highest BCUT2D eigenvalue weighted by Gasteiger charge is 2.31. The third-order valence-electron chi connectivity index (χ3n) is 4.63. The SMILES string of the molecule is O=C(NCCc1ccccc1)C1CCN([S+]([O-])c2ccc(F)cc2)CC1. The van der Waals surface area contributed by atoms with Gasteiger partial charge < -0.3 is 9.87 Å². The zero-order valence-electron chi connectivity index (χ0n) is 14.6. The molecule has 0 saturated carbocycles. The van der Waals surface area contributed by atoms with Crippen LogP contribution >= 0.6 is 0 Å². The highest BCUT2D eigenvalue weighted by molar-refractivity contribution is 7.89. The molecule has 0 aromatic heterocycles. The van der Waals surface area contributed by atoms with Gasteiger partial charge in [-0.05, 0) is 49.1 Å². The lowest BCUT2D eigenvalue weighted by Crippen LogP contribution is -2.43. The molecule has 0 radical (unpaired) electrons. The average Bonchev–Trinajstić information content (AvgIpc) is 2.69. The number of carbonyl (C=O) groups excluding carboxylic acids is 1. The summed E-state index contributed by atoms with van der Waals surface area (Å²) in [6.45, 7) is 1.83. The molecule has 1 unspecified atom stereocenters. The number of rotatable bonds is 6. The van der Waals surface area contributed by atoms with Crippen molar-refractivity contribution in [1.29, 1.82) is 0 Å². The third kappa shape index (κ3) is 5.06. The van der Waals surface area contributed by atoms with Gasteiger partial charge in [-0.1, -0.05) is 30.3 Å². The molecular weight excluding hydrogens is 351 g/mol. The maximum Gasteiger partial charge on any atom is 0.223 e. The van der Waals surface area contributed by atoms with Crippen LogP contribution in [-0.2, 0) is 22.6 Å². The van der Waals surface area contributed by atoms with Gasteiger partial charge in [0.15, 0.2) is 4.90 Å². The quantitative estimate of drug-likeness (QED) is 0.791. The van der Waals surface area contributed by atoms with Gasteiger partial charge in [0.25, 0.3) is 0 Å². The van der Waals surface area contributed by atoms with Crippen molar-refractivity contribution in [2.75, 3.05) is 19.6 Å². The highest BCUT2D eigenvalue weighted by atomic mass is 32.2. The summed E-state index contributed by atoms with van der Waals surface area (Å²) in [5.41, 5.74) is 1.21. The number of nitrogens with one attached hydrogen (secondary N) is 1. The second-order valence-corrected chi connectivity index (χ2v) is 7.92. The van der Waals surface area contributed by atoms with Crippen LogP contribution in [0.4, 0.5) is 4.39 Å². The van der Waals surface area contributed by atoms with Gasteiger partial charge in [0, 0.05) is 25.6 Å². The van der Waals surface area contributed by atoms with E-state index in [2.05, 4.69) is 17.4 Å². The molecule has 1 aliphatic rings. The number of nitrogens with zero attached hydrogens (tertiary/aromatic N) is 1. The monoisotopic (exact) mass is 374 g/mol. The molecule has 1 heterocycles. The second kappa shape index (κ2) is 9.16. The lowest BCUT2D eigenvalue weighted by molar-refractivity contribution is -0.126. The summed E-state index contributed by atoms with van der Waals surface area (Å²) in [7, 11) is 0. The third-order valence-corrected chi connectivity index (χ3v) is 6.14. The molecule has 138 valence electrons. The Morgan fingerprint density at radius 3 is 2.42 bits per heavy atom. The van der Waals surface area contributed by atoms with Crippen molar-refractivity contribution in [2.24, 2.45) is 5.92 Å². The van der Waals surface area contributed by atoms with Gasteiger partial charge in [-0.3, -0.25) is 4.79 Å². The number of hydrogen-bond acceptors (Lipinski definition) is 3. The first-order valence-corrected chi connectivity index (χ1v) is 9.98. The Morgan fingerprint density at radius 2 is 1.77 bits per heavy atom. The maximum atomic E-state index is 13.0. The van der Waals surface area contributed by atoms with Crippen molar-refractivity contribution in [1.82, 2.24) is 9.62 Å². The summed E-state index contributed by atoms with van der Waals surface area (Å²) in [5.74, 6) is -0.294. The number of amides is 1. The van der Waals surface area contributed by atoms with E-state index in [-0.39, 0.29) is 17.6 Å². The van der Waals surface area contributed by atoms with E-state index >= 15 is 0 Å². The highest BCUT2D eigenvalue weighted by Crippen LogP contribution is 2.24. The molecule has 0 aliphatic carbocycles. The Balaban J connectivity index is 1.42. The van der Waals surface area contributed by atoms with E-state index < -0.39 is 11.4 Å². The van der Waals surface area contributed by atoms with E-state index in [9.17, 15) is 13.7 Å². The van der Waals surface area contributed by atoms with E-state index in [0.29, 0.717) is 37.4 Å². The molecule has 6 heteroatoms. The number of hydrogen-bond donors (Lipinski definition) is 1. The number of piperidine rings is 1. The fourth-order valence-electron chi connectivity index (χ4n) is 3.10. The van der Waals surface area contributed by atoms with Crippen LogP contribution in [0.2, 0.25) is 0 Å². The number of halogens is 1. The van der Waals surface area contributed by atoms with Crippen molar-refractivity contribution in [3.8, 4) is 0 Å². The molecule has 0 spiro atoms. The minimum Gasteiger partial charge on any atom is -0.593 e. The lowest BCUT2D eigenvalue weighted by Gasteiger charge is -2.31. The zero-order chi connectivity index (χ0) is 18.4. The molecule has 1 N–H and O–H groups in total. The molecule has 4 nitrogen and oxygen atoms in total. The summed E-state index contributed by atoms with van der Waals surface area (Å²) in [5, 5.41) is 3.01. The molecule has 2 aromatic rings. The summed E-state index contributed by atoms with van der Waals surface area (Å²) in [6.07, 6.45) is 2.19. The van der Waals surface area contributed by atoms with E-state index in [1.54, 1.807) is 12.1 Å². The average molecular weight is 374 g/mol. The first-order valence-electron chi connectivity index (χ1n) is 8.87. The Kier molecular flexibility index (Phi) is 6.66. The molecule has 1 amide bonds. The Labute approximate surface area is 156 Å². The molecule has 1 saturated heterocycles. The van der Waals surface area contributed by atoms with Crippen LogP contribution in [0.25, 0.3) is 0 Å². The van der Waals surface area contributed by atoms with Crippen LogP contribution in [0.15, 0.2) is 59.5 Å². The van der Waals surface area contributed by atoms with E-state index in [1.807, 2.05) is 22.5 Å². The van der Waals surface area contributed by atoms with E-state index in [1.165, 1.54) is 17.7 Å². The van der Waals surface area contributed by atoms with Crippen molar-refractivity contribution in [2.45, 2.75) is 24.2 Å². The summed E-state index contributed by atoms with van der Waals surface area (Å²) in [6, 6.07) is 15.8. The van der Waals surface area contributed by atoms with Crippen molar-refractivity contribution in [3.63, 3.8) is 0 Å². The number of carbonyl (C=O) groups is 1. The first-order chi connectivity index (χ1) is 12.6. The molecule has 1 aliphatic heterocycles. The Morgan fingerprint density at radius 1 is 1.12 bits per heavy atom. The largest absolute Gasteiger partial charge is 0.593 e. The summed E-state index contributed by atoms with van der Waals surface area (Å²) >= 11 is -1.30.